The minimum Gasteiger partial charge on any atom is -0.352 e. The highest BCUT2D eigenvalue weighted by Gasteiger charge is 2.35. The Hall–Kier alpha value is -3.36. The van der Waals surface area contributed by atoms with Gasteiger partial charge in [0.2, 0.25) is 5.91 Å². The van der Waals surface area contributed by atoms with Crippen LogP contribution in [0.25, 0.3) is 0 Å². The van der Waals surface area contributed by atoms with E-state index >= 15 is 0 Å². The third kappa shape index (κ3) is 6.36. The molecule has 1 unspecified atom stereocenters. The number of nitrogens with one attached hydrogen (secondary N) is 2. The van der Waals surface area contributed by atoms with Gasteiger partial charge in [-0.25, -0.2) is 0 Å². The summed E-state index contributed by atoms with van der Waals surface area (Å²) < 4.78 is 38.3. The lowest BCUT2D eigenvalue weighted by Crippen LogP contribution is -2.54. The molecular formula is C25H28F3N3O3. The molecule has 34 heavy (non-hydrogen) atoms. The summed E-state index contributed by atoms with van der Waals surface area (Å²) in [4.78, 5) is 39.9. The van der Waals surface area contributed by atoms with E-state index in [1.54, 1.807) is 35.2 Å². The topological polar surface area (TPSA) is 78.5 Å². The number of hydrogen-bond acceptors (Lipinski definition) is 3. The van der Waals surface area contributed by atoms with Crippen LogP contribution in [0.3, 0.4) is 0 Å². The second-order valence-corrected chi connectivity index (χ2v) is 8.69. The molecule has 0 aromatic heterocycles. The van der Waals surface area contributed by atoms with Gasteiger partial charge < -0.3 is 15.5 Å². The zero-order chi connectivity index (χ0) is 24.9. The summed E-state index contributed by atoms with van der Waals surface area (Å²) in [5.41, 5.74) is -0.186. The van der Waals surface area contributed by atoms with E-state index < -0.39 is 17.8 Å². The van der Waals surface area contributed by atoms with Gasteiger partial charge in [-0.1, -0.05) is 18.2 Å². The summed E-state index contributed by atoms with van der Waals surface area (Å²) >= 11 is 0. The van der Waals surface area contributed by atoms with Crippen molar-refractivity contribution in [1.82, 2.24) is 15.5 Å². The van der Waals surface area contributed by atoms with E-state index in [4.69, 9.17) is 0 Å². The number of benzene rings is 2. The second-order valence-electron chi connectivity index (χ2n) is 8.69. The molecule has 6 nitrogen and oxygen atoms in total. The lowest BCUT2D eigenvalue weighted by molar-refractivity contribution is -0.137. The van der Waals surface area contributed by atoms with Crippen LogP contribution >= 0.6 is 0 Å². The smallest absolute Gasteiger partial charge is 0.352 e. The number of carbonyl (C=O) groups is 3. The number of alkyl halides is 3. The first-order chi connectivity index (χ1) is 16.1. The molecule has 0 bridgehead atoms. The van der Waals surface area contributed by atoms with Crippen LogP contribution in [-0.4, -0.2) is 47.8 Å². The molecule has 3 rings (SSSR count). The van der Waals surface area contributed by atoms with Crippen molar-refractivity contribution in [1.29, 1.82) is 0 Å². The van der Waals surface area contributed by atoms with Crippen LogP contribution in [0.4, 0.5) is 13.2 Å². The van der Waals surface area contributed by atoms with Gasteiger partial charge in [-0.2, -0.15) is 13.2 Å². The van der Waals surface area contributed by atoms with Crippen molar-refractivity contribution in [2.24, 2.45) is 5.92 Å². The summed E-state index contributed by atoms with van der Waals surface area (Å²) in [7, 11) is 0. The van der Waals surface area contributed by atoms with Gasteiger partial charge in [0.1, 0.15) is 6.04 Å². The van der Waals surface area contributed by atoms with Crippen LogP contribution in [0.2, 0.25) is 0 Å². The number of halogens is 3. The molecule has 3 amide bonds. The Kier molecular flexibility index (Phi) is 7.96. The molecule has 0 saturated carbocycles. The predicted molar refractivity (Wildman–Crippen MR) is 121 cm³/mol. The van der Waals surface area contributed by atoms with E-state index in [9.17, 15) is 27.6 Å². The number of nitrogens with zero attached hydrogens (tertiary/aromatic N) is 1. The molecule has 182 valence electrons. The van der Waals surface area contributed by atoms with E-state index in [1.165, 1.54) is 12.1 Å². The second kappa shape index (κ2) is 10.7. The summed E-state index contributed by atoms with van der Waals surface area (Å²) in [6.07, 6.45) is -3.52. The first-order valence-corrected chi connectivity index (χ1v) is 11.2. The van der Waals surface area contributed by atoms with Gasteiger partial charge in [0.15, 0.2) is 0 Å². The number of rotatable bonds is 6. The van der Waals surface area contributed by atoms with Crippen molar-refractivity contribution in [2.45, 2.75) is 44.9 Å². The zero-order valence-corrected chi connectivity index (χ0v) is 19.1. The Morgan fingerprint density at radius 2 is 1.47 bits per heavy atom. The summed E-state index contributed by atoms with van der Waals surface area (Å²) in [5.74, 6) is -1.19. The maximum Gasteiger partial charge on any atom is 0.416 e. The van der Waals surface area contributed by atoms with Gasteiger partial charge in [-0.3, -0.25) is 14.4 Å². The number of piperidine rings is 1. The monoisotopic (exact) mass is 475 g/mol. The fourth-order valence-electron chi connectivity index (χ4n) is 4.01. The van der Waals surface area contributed by atoms with Crippen molar-refractivity contribution < 1.29 is 27.6 Å². The van der Waals surface area contributed by atoms with E-state index in [-0.39, 0.29) is 35.2 Å². The zero-order valence-electron chi connectivity index (χ0n) is 19.1. The Labute approximate surface area is 196 Å². The van der Waals surface area contributed by atoms with E-state index in [0.717, 1.165) is 12.1 Å². The summed E-state index contributed by atoms with van der Waals surface area (Å²) in [6.45, 7) is 4.33. The standard InChI is InChI=1S/C25H28F3N3O3/c1-16(2)29-23(33)21(30-22(32)18-6-4-3-5-7-18)17-12-14-31(15-13-17)24(34)19-8-10-20(11-9-19)25(26,27)28/h3-11,16-17,21H,12-15H2,1-2H3,(H,29,33)(H,30,32). The van der Waals surface area contributed by atoms with Gasteiger partial charge in [-0.15, -0.1) is 0 Å². The third-order valence-electron chi connectivity index (χ3n) is 5.79. The first-order valence-electron chi connectivity index (χ1n) is 11.2. The molecule has 0 aliphatic carbocycles. The first kappa shape index (κ1) is 25.3. The fourth-order valence-corrected chi connectivity index (χ4v) is 4.01. The van der Waals surface area contributed by atoms with Crippen molar-refractivity contribution in [3.63, 3.8) is 0 Å². The Balaban J connectivity index is 1.66. The average molecular weight is 476 g/mol. The molecule has 2 aromatic carbocycles. The van der Waals surface area contributed by atoms with Crippen molar-refractivity contribution >= 4 is 17.7 Å². The van der Waals surface area contributed by atoms with Crippen molar-refractivity contribution in [3.8, 4) is 0 Å². The van der Waals surface area contributed by atoms with Gasteiger partial charge in [0.25, 0.3) is 11.8 Å². The SMILES string of the molecule is CC(C)NC(=O)C(NC(=O)c1ccccc1)C1CCN(C(=O)c2ccc(C(F)(F)F)cc2)CC1. The highest BCUT2D eigenvalue weighted by molar-refractivity contribution is 5.97. The Morgan fingerprint density at radius 1 is 0.882 bits per heavy atom. The molecule has 1 fully saturated rings. The third-order valence-corrected chi connectivity index (χ3v) is 5.79. The van der Waals surface area contributed by atoms with E-state index in [0.29, 0.717) is 31.5 Å². The normalized spacial score (nSPS) is 15.6. The maximum absolute atomic E-state index is 12.9. The van der Waals surface area contributed by atoms with Crippen molar-refractivity contribution in [3.05, 3.63) is 71.3 Å². The Morgan fingerprint density at radius 3 is 2.00 bits per heavy atom. The van der Waals surface area contributed by atoms with Gasteiger partial charge in [0, 0.05) is 30.3 Å². The van der Waals surface area contributed by atoms with E-state index in [2.05, 4.69) is 10.6 Å². The predicted octanol–water partition coefficient (Wildman–Crippen LogP) is 3.88. The van der Waals surface area contributed by atoms with Gasteiger partial charge in [-0.05, 0) is 69.0 Å². The molecular weight excluding hydrogens is 447 g/mol. The number of likely N-dealkylation sites (tertiary alicyclic amines) is 1. The van der Waals surface area contributed by atoms with Crippen LogP contribution in [-0.2, 0) is 11.0 Å². The molecule has 1 saturated heterocycles. The molecule has 2 aromatic rings. The number of amides is 3. The van der Waals surface area contributed by atoms with Crippen LogP contribution < -0.4 is 10.6 Å². The lowest BCUT2D eigenvalue weighted by atomic mass is 9.88. The molecule has 1 atom stereocenters. The largest absolute Gasteiger partial charge is 0.416 e. The molecule has 0 radical (unpaired) electrons. The molecule has 1 aliphatic heterocycles. The molecule has 0 spiro atoms. The van der Waals surface area contributed by atoms with Crippen LogP contribution in [0.15, 0.2) is 54.6 Å². The molecule has 9 heteroatoms. The van der Waals surface area contributed by atoms with Crippen LogP contribution in [0.1, 0.15) is 53.0 Å². The van der Waals surface area contributed by atoms with E-state index in [1.807, 2.05) is 13.8 Å². The van der Waals surface area contributed by atoms with Gasteiger partial charge in [0.05, 0.1) is 5.56 Å². The van der Waals surface area contributed by atoms with Gasteiger partial charge >= 0.3 is 6.18 Å². The maximum atomic E-state index is 12.9. The summed E-state index contributed by atoms with van der Waals surface area (Å²) in [5, 5.41) is 5.69. The number of carbonyl (C=O) groups excluding carboxylic acids is 3. The molecule has 1 aliphatic rings. The fraction of sp³-hybridized carbons (Fsp3) is 0.400. The average Bonchev–Trinajstić information content (AvgIpc) is 2.81. The number of hydrogen-bond donors (Lipinski definition) is 2. The molecule has 2 N–H and O–H groups in total. The minimum atomic E-state index is -4.46. The lowest BCUT2D eigenvalue weighted by Gasteiger charge is -2.36. The van der Waals surface area contributed by atoms with Crippen LogP contribution in [0.5, 0.6) is 0 Å². The van der Waals surface area contributed by atoms with Crippen molar-refractivity contribution in [2.75, 3.05) is 13.1 Å². The minimum absolute atomic E-state index is 0.107. The molecule has 1 heterocycles. The highest BCUT2D eigenvalue weighted by atomic mass is 19.4. The highest BCUT2D eigenvalue weighted by Crippen LogP contribution is 2.29. The quantitative estimate of drug-likeness (QED) is 0.666. The Bertz CT molecular complexity index is 1000. The summed E-state index contributed by atoms with van der Waals surface area (Å²) in [6, 6.07) is 11.9. The van der Waals surface area contributed by atoms with Crippen LogP contribution in [0, 0.1) is 5.92 Å².